The number of ketones is 1. The molecule has 0 radical (unpaired) electrons. The minimum Gasteiger partial charge on any atom is -0.355 e. The molecule has 0 amide bonds. The Morgan fingerprint density at radius 3 is 2.58 bits per heavy atom. The summed E-state index contributed by atoms with van der Waals surface area (Å²) in [6, 6.07) is 18.1. The quantitative estimate of drug-likeness (QED) is 0.684. The lowest BCUT2D eigenvalue weighted by molar-refractivity contribution is 0.0988. The molecule has 0 saturated heterocycles. The van der Waals surface area contributed by atoms with Gasteiger partial charge in [-0.1, -0.05) is 37.3 Å². The molecule has 1 aromatic heterocycles. The summed E-state index contributed by atoms with van der Waals surface area (Å²) < 4.78 is 0. The molecule has 0 fully saturated rings. The van der Waals surface area contributed by atoms with Gasteiger partial charge in [0.05, 0.1) is 0 Å². The number of aromatic nitrogens is 1. The third kappa shape index (κ3) is 2.17. The topological polar surface area (TPSA) is 32.9 Å². The van der Waals surface area contributed by atoms with Crippen molar-refractivity contribution in [2.24, 2.45) is 0 Å². The summed E-state index contributed by atoms with van der Waals surface area (Å²) in [5, 5.41) is 1.08. The molecule has 0 saturated carbocycles. The Morgan fingerprint density at radius 2 is 1.84 bits per heavy atom. The smallest absolute Gasteiger partial charge is 0.162 e. The molecule has 2 aromatic carbocycles. The van der Waals surface area contributed by atoms with Crippen LogP contribution in [0.4, 0.5) is 0 Å². The molecule has 19 heavy (non-hydrogen) atoms. The average Bonchev–Trinajstić information content (AvgIpc) is 2.90. The maximum Gasteiger partial charge on any atom is 0.162 e. The van der Waals surface area contributed by atoms with E-state index in [1.54, 1.807) is 0 Å². The van der Waals surface area contributed by atoms with E-state index in [4.69, 9.17) is 0 Å². The van der Waals surface area contributed by atoms with E-state index in [9.17, 15) is 4.79 Å². The number of carbonyl (C=O) groups is 1. The Morgan fingerprint density at radius 1 is 1.05 bits per heavy atom. The van der Waals surface area contributed by atoms with Crippen LogP contribution in [-0.4, -0.2) is 10.8 Å². The van der Waals surface area contributed by atoms with Crippen LogP contribution in [0.3, 0.4) is 0 Å². The number of hydrogen-bond donors (Lipinski definition) is 1. The summed E-state index contributed by atoms with van der Waals surface area (Å²) in [4.78, 5) is 15.1. The van der Waals surface area contributed by atoms with E-state index in [-0.39, 0.29) is 5.78 Å². The lowest BCUT2D eigenvalue weighted by atomic mass is 10.1. The van der Waals surface area contributed by atoms with E-state index in [1.807, 2.05) is 43.3 Å². The predicted molar refractivity (Wildman–Crippen MR) is 78.4 cm³/mol. The SMILES string of the molecule is CCC(=O)c1ccc2[nH]c(-c3ccccc3)cc2c1. The van der Waals surface area contributed by atoms with Gasteiger partial charge >= 0.3 is 0 Å². The molecule has 3 rings (SSSR count). The van der Waals surface area contributed by atoms with Crippen molar-refractivity contribution in [1.29, 1.82) is 0 Å². The van der Waals surface area contributed by atoms with Crippen LogP contribution < -0.4 is 0 Å². The molecular formula is C17H15NO. The van der Waals surface area contributed by atoms with Crippen LogP contribution in [0.2, 0.25) is 0 Å². The first-order chi connectivity index (χ1) is 9.28. The monoisotopic (exact) mass is 249 g/mol. The van der Waals surface area contributed by atoms with Crippen LogP contribution >= 0.6 is 0 Å². The highest BCUT2D eigenvalue weighted by Gasteiger charge is 2.07. The third-order valence-corrected chi connectivity index (χ3v) is 3.35. The van der Waals surface area contributed by atoms with Gasteiger partial charge in [0.2, 0.25) is 0 Å². The summed E-state index contributed by atoms with van der Waals surface area (Å²) >= 11 is 0. The summed E-state index contributed by atoms with van der Waals surface area (Å²) in [6.07, 6.45) is 0.543. The Hall–Kier alpha value is -2.35. The highest BCUT2D eigenvalue weighted by molar-refractivity contribution is 6.00. The minimum absolute atomic E-state index is 0.185. The molecule has 2 nitrogen and oxygen atoms in total. The molecule has 94 valence electrons. The molecule has 0 aliphatic carbocycles. The van der Waals surface area contributed by atoms with Crippen molar-refractivity contribution in [1.82, 2.24) is 4.98 Å². The largest absolute Gasteiger partial charge is 0.355 e. The van der Waals surface area contributed by atoms with Gasteiger partial charge < -0.3 is 4.98 Å². The van der Waals surface area contributed by atoms with Crippen LogP contribution in [0.1, 0.15) is 23.7 Å². The zero-order valence-electron chi connectivity index (χ0n) is 10.8. The van der Waals surface area contributed by atoms with Gasteiger partial charge in [-0.25, -0.2) is 0 Å². The molecular weight excluding hydrogens is 234 g/mol. The standard InChI is InChI=1S/C17H15NO/c1-2-17(19)13-8-9-15-14(10-13)11-16(18-15)12-6-4-3-5-7-12/h3-11,18H,2H2,1H3. The fraction of sp³-hybridized carbons (Fsp3) is 0.118. The van der Waals surface area contributed by atoms with Gasteiger partial charge in [0.25, 0.3) is 0 Å². The Bertz CT molecular complexity index is 725. The van der Waals surface area contributed by atoms with Gasteiger partial charge in [-0.05, 0) is 29.8 Å². The van der Waals surface area contributed by atoms with E-state index in [0.717, 1.165) is 27.7 Å². The van der Waals surface area contributed by atoms with Gasteiger partial charge in [0.15, 0.2) is 5.78 Å². The van der Waals surface area contributed by atoms with Crippen molar-refractivity contribution in [3.63, 3.8) is 0 Å². The van der Waals surface area contributed by atoms with Crippen molar-refractivity contribution in [3.05, 3.63) is 60.2 Å². The summed E-state index contributed by atoms with van der Waals surface area (Å²) in [5.41, 5.74) is 4.08. The third-order valence-electron chi connectivity index (χ3n) is 3.35. The predicted octanol–water partition coefficient (Wildman–Crippen LogP) is 4.43. The van der Waals surface area contributed by atoms with Crippen molar-refractivity contribution in [3.8, 4) is 11.3 Å². The number of Topliss-reactive ketones (excluding diaryl/α,β-unsaturated/α-hetero) is 1. The molecule has 0 atom stereocenters. The number of aromatic amines is 1. The first-order valence-electron chi connectivity index (χ1n) is 6.49. The average molecular weight is 249 g/mol. The molecule has 0 unspecified atom stereocenters. The molecule has 0 bridgehead atoms. The first-order valence-corrected chi connectivity index (χ1v) is 6.49. The van der Waals surface area contributed by atoms with E-state index < -0.39 is 0 Å². The maximum absolute atomic E-state index is 11.7. The van der Waals surface area contributed by atoms with Crippen molar-refractivity contribution < 1.29 is 4.79 Å². The van der Waals surface area contributed by atoms with Gasteiger partial charge in [-0.3, -0.25) is 4.79 Å². The van der Waals surface area contributed by atoms with Gasteiger partial charge in [0, 0.05) is 28.6 Å². The first kappa shape index (κ1) is 11.7. The molecule has 1 heterocycles. The van der Waals surface area contributed by atoms with Crippen molar-refractivity contribution in [2.45, 2.75) is 13.3 Å². The maximum atomic E-state index is 11.7. The van der Waals surface area contributed by atoms with E-state index >= 15 is 0 Å². The highest BCUT2D eigenvalue weighted by Crippen LogP contribution is 2.25. The van der Waals surface area contributed by atoms with Crippen molar-refractivity contribution in [2.75, 3.05) is 0 Å². The van der Waals surface area contributed by atoms with Crippen molar-refractivity contribution >= 4 is 16.7 Å². The van der Waals surface area contributed by atoms with Crippen LogP contribution in [0.15, 0.2) is 54.6 Å². The molecule has 0 aliphatic rings. The van der Waals surface area contributed by atoms with E-state index in [0.29, 0.717) is 6.42 Å². The number of fused-ring (bicyclic) bond motifs is 1. The van der Waals surface area contributed by atoms with Gasteiger partial charge in [-0.15, -0.1) is 0 Å². The molecule has 3 aromatic rings. The summed E-state index contributed by atoms with van der Waals surface area (Å²) in [5.74, 6) is 0.185. The van der Waals surface area contributed by atoms with Crippen LogP contribution in [-0.2, 0) is 0 Å². The Kier molecular flexibility index (Phi) is 2.92. The number of rotatable bonds is 3. The fourth-order valence-electron chi connectivity index (χ4n) is 2.28. The number of nitrogens with one attached hydrogen (secondary N) is 1. The minimum atomic E-state index is 0.185. The summed E-state index contributed by atoms with van der Waals surface area (Å²) in [6.45, 7) is 1.89. The fourth-order valence-corrected chi connectivity index (χ4v) is 2.28. The molecule has 1 N–H and O–H groups in total. The number of H-pyrrole nitrogens is 1. The second-order valence-electron chi connectivity index (χ2n) is 4.63. The molecule has 2 heteroatoms. The lowest BCUT2D eigenvalue weighted by Gasteiger charge is -1.97. The van der Waals surface area contributed by atoms with Crippen LogP contribution in [0.5, 0.6) is 0 Å². The summed E-state index contributed by atoms with van der Waals surface area (Å²) in [7, 11) is 0. The highest BCUT2D eigenvalue weighted by atomic mass is 16.1. The number of hydrogen-bond acceptors (Lipinski definition) is 1. The number of benzene rings is 2. The zero-order chi connectivity index (χ0) is 13.2. The normalized spacial score (nSPS) is 10.8. The van der Waals surface area contributed by atoms with E-state index in [1.165, 1.54) is 0 Å². The Labute approximate surface area is 112 Å². The Balaban J connectivity index is 2.09. The number of carbonyl (C=O) groups excluding carboxylic acids is 1. The second kappa shape index (κ2) is 4.73. The van der Waals surface area contributed by atoms with E-state index in [2.05, 4.69) is 23.2 Å². The molecule has 0 spiro atoms. The lowest BCUT2D eigenvalue weighted by Crippen LogP contribution is -1.95. The second-order valence-corrected chi connectivity index (χ2v) is 4.63. The van der Waals surface area contributed by atoms with Gasteiger partial charge in [0.1, 0.15) is 0 Å². The van der Waals surface area contributed by atoms with Gasteiger partial charge in [-0.2, -0.15) is 0 Å². The van der Waals surface area contributed by atoms with Crippen LogP contribution in [0.25, 0.3) is 22.2 Å². The zero-order valence-corrected chi connectivity index (χ0v) is 10.8. The molecule has 0 aliphatic heterocycles. The van der Waals surface area contributed by atoms with Crippen LogP contribution in [0, 0.1) is 0 Å².